The van der Waals surface area contributed by atoms with Crippen LogP contribution in [0.2, 0.25) is 24.2 Å². The molecule has 0 aliphatic heterocycles. The quantitative estimate of drug-likeness (QED) is 0.695. The molecule has 0 aromatic heterocycles. The minimum absolute atomic E-state index is 0.674. The first-order valence-electron chi connectivity index (χ1n) is 7.10. The van der Waals surface area contributed by atoms with E-state index in [0.717, 1.165) is 6.04 Å². The normalized spacial score (nSPS) is 12.7. The molecule has 0 amide bonds. The summed E-state index contributed by atoms with van der Waals surface area (Å²) < 4.78 is 6.64. The molecular weight excluding hydrogens is 252 g/mol. The molecule has 102 valence electrons. The van der Waals surface area contributed by atoms with E-state index in [1.165, 1.54) is 5.56 Å². The molecule has 0 saturated heterocycles. The lowest BCUT2D eigenvalue weighted by Gasteiger charge is -2.41. The highest BCUT2D eigenvalue weighted by molar-refractivity contribution is 6.81. The molecule has 0 saturated carbocycles. The van der Waals surface area contributed by atoms with Gasteiger partial charge >= 0.3 is 0 Å². The van der Waals surface area contributed by atoms with Crippen molar-refractivity contribution >= 4 is 17.4 Å². The Labute approximate surface area is 115 Å². The van der Waals surface area contributed by atoms with Crippen LogP contribution in [0.1, 0.15) is 33.3 Å². The van der Waals surface area contributed by atoms with E-state index in [-0.39, 0.29) is 0 Å². The van der Waals surface area contributed by atoms with E-state index in [0.29, 0.717) is 11.1 Å². The number of hydrogen-bond acceptors (Lipinski definition) is 1. The second-order valence-electron chi connectivity index (χ2n) is 6.09. The van der Waals surface area contributed by atoms with E-state index in [4.69, 9.17) is 4.12 Å². The SMILES string of the molecule is CC(C)[Si](Cc1ccccc1)(O[SiH](C)C)C(C)C. The van der Waals surface area contributed by atoms with E-state index >= 15 is 0 Å². The van der Waals surface area contributed by atoms with E-state index < -0.39 is 17.4 Å². The second kappa shape index (κ2) is 6.69. The van der Waals surface area contributed by atoms with Gasteiger partial charge in [0.1, 0.15) is 0 Å². The van der Waals surface area contributed by atoms with Crippen LogP contribution in [0.15, 0.2) is 30.3 Å². The summed E-state index contributed by atoms with van der Waals surface area (Å²) in [6.45, 7) is 14.0. The molecule has 1 rings (SSSR count). The van der Waals surface area contributed by atoms with Crippen LogP contribution in [0.4, 0.5) is 0 Å². The standard InChI is InChI=1S/C15H28OSi2/c1-13(2)18(14(3)4,16-17(5)6)12-15-10-8-7-9-11-15/h7-11,13-14,17H,12H2,1-6H3. The minimum atomic E-state index is -1.69. The van der Waals surface area contributed by atoms with Crippen molar-refractivity contribution in [3.05, 3.63) is 35.9 Å². The van der Waals surface area contributed by atoms with E-state index in [2.05, 4.69) is 71.1 Å². The summed E-state index contributed by atoms with van der Waals surface area (Å²) in [6, 6.07) is 12.0. The first-order chi connectivity index (χ1) is 8.38. The van der Waals surface area contributed by atoms with Crippen molar-refractivity contribution in [1.29, 1.82) is 0 Å². The van der Waals surface area contributed by atoms with Crippen molar-refractivity contribution < 1.29 is 4.12 Å². The predicted molar refractivity (Wildman–Crippen MR) is 86.1 cm³/mol. The van der Waals surface area contributed by atoms with Gasteiger partial charge in [-0.05, 0) is 35.8 Å². The molecule has 1 aromatic carbocycles. The van der Waals surface area contributed by atoms with Crippen LogP contribution >= 0.6 is 0 Å². The highest BCUT2D eigenvalue weighted by Gasteiger charge is 2.42. The zero-order valence-corrected chi connectivity index (χ0v) is 14.9. The van der Waals surface area contributed by atoms with Crippen LogP contribution in [-0.4, -0.2) is 17.4 Å². The van der Waals surface area contributed by atoms with Gasteiger partial charge in [0.05, 0.1) is 0 Å². The van der Waals surface area contributed by atoms with Crippen molar-refractivity contribution in [3.63, 3.8) is 0 Å². The largest absolute Gasteiger partial charge is 0.457 e. The molecule has 1 aromatic rings. The smallest absolute Gasteiger partial charge is 0.189 e. The molecule has 0 aliphatic rings. The highest BCUT2D eigenvalue weighted by atomic mass is 28.4. The Bertz CT molecular complexity index is 339. The molecule has 3 heteroatoms. The Hall–Kier alpha value is -0.386. The van der Waals surface area contributed by atoms with Crippen molar-refractivity contribution in [3.8, 4) is 0 Å². The lowest BCUT2D eigenvalue weighted by molar-refractivity contribution is 0.511. The van der Waals surface area contributed by atoms with Crippen molar-refractivity contribution in [2.75, 3.05) is 0 Å². The van der Waals surface area contributed by atoms with Gasteiger partial charge in [-0.15, -0.1) is 0 Å². The van der Waals surface area contributed by atoms with Gasteiger partial charge in [0, 0.05) is 0 Å². The van der Waals surface area contributed by atoms with Gasteiger partial charge in [0.25, 0.3) is 0 Å². The molecule has 0 atom stereocenters. The maximum atomic E-state index is 6.64. The summed E-state index contributed by atoms with van der Waals surface area (Å²) in [4.78, 5) is 0. The summed E-state index contributed by atoms with van der Waals surface area (Å²) in [5.41, 5.74) is 2.79. The third-order valence-corrected chi connectivity index (χ3v) is 12.2. The Morgan fingerprint density at radius 1 is 1.00 bits per heavy atom. The number of rotatable bonds is 6. The fourth-order valence-corrected chi connectivity index (χ4v) is 11.8. The van der Waals surface area contributed by atoms with Gasteiger partial charge in [-0.25, -0.2) is 0 Å². The zero-order chi connectivity index (χ0) is 13.8. The number of benzene rings is 1. The summed E-state index contributed by atoms with van der Waals surface area (Å²) in [5, 5.41) is 0. The lowest BCUT2D eigenvalue weighted by atomic mass is 10.2. The molecule has 1 nitrogen and oxygen atoms in total. The first kappa shape index (κ1) is 15.7. The highest BCUT2D eigenvalue weighted by Crippen LogP contribution is 2.36. The van der Waals surface area contributed by atoms with Gasteiger partial charge < -0.3 is 4.12 Å². The van der Waals surface area contributed by atoms with Gasteiger partial charge in [-0.2, -0.15) is 0 Å². The van der Waals surface area contributed by atoms with Gasteiger partial charge in [0.15, 0.2) is 17.4 Å². The van der Waals surface area contributed by atoms with E-state index in [1.807, 2.05) is 0 Å². The minimum Gasteiger partial charge on any atom is -0.457 e. The molecule has 0 radical (unpaired) electrons. The zero-order valence-electron chi connectivity index (χ0n) is 12.7. The average Bonchev–Trinajstić information content (AvgIpc) is 2.28. The fourth-order valence-electron chi connectivity index (χ4n) is 2.74. The Morgan fingerprint density at radius 2 is 1.50 bits per heavy atom. The maximum Gasteiger partial charge on any atom is 0.189 e. The Kier molecular flexibility index (Phi) is 5.82. The molecule has 0 aliphatic carbocycles. The third-order valence-electron chi connectivity index (χ3n) is 3.73. The van der Waals surface area contributed by atoms with Crippen LogP contribution in [-0.2, 0) is 10.2 Å². The van der Waals surface area contributed by atoms with E-state index in [9.17, 15) is 0 Å². The van der Waals surface area contributed by atoms with E-state index in [1.54, 1.807) is 0 Å². The first-order valence-corrected chi connectivity index (χ1v) is 12.1. The molecule has 0 bridgehead atoms. The molecule has 18 heavy (non-hydrogen) atoms. The summed E-state index contributed by atoms with van der Waals surface area (Å²) in [5.74, 6) is 0. The summed E-state index contributed by atoms with van der Waals surface area (Å²) in [7, 11) is -2.68. The third kappa shape index (κ3) is 3.80. The monoisotopic (exact) mass is 280 g/mol. The molecule has 0 N–H and O–H groups in total. The van der Waals surface area contributed by atoms with Crippen LogP contribution in [0, 0.1) is 0 Å². The van der Waals surface area contributed by atoms with Crippen LogP contribution in [0.25, 0.3) is 0 Å². The summed E-state index contributed by atoms with van der Waals surface area (Å²) >= 11 is 0. The van der Waals surface area contributed by atoms with Crippen molar-refractivity contribution in [2.45, 2.75) is 57.9 Å². The van der Waals surface area contributed by atoms with Crippen LogP contribution < -0.4 is 0 Å². The van der Waals surface area contributed by atoms with Crippen LogP contribution in [0.3, 0.4) is 0 Å². The molecule has 0 heterocycles. The van der Waals surface area contributed by atoms with Crippen molar-refractivity contribution in [1.82, 2.24) is 0 Å². The molecular formula is C15H28OSi2. The van der Waals surface area contributed by atoms with Crippen molar-refractivity contribution in [2.24, 2.45) is 0 Å². The Balaban J connectivity index is 3.02. The fraction of sp³-hybridized carbons (Fsp3) is 0.600. The topological polar surface area (TPSA) is 9.23 Å². The molecule has 0 spiro atoms. The van der Waals surface area contributed by atoms with Crippen LogP contribution in [0.5, 0.6) is 0 Å². The molecule has 0 fully saturated rings. The lowest BCUT2D eigenvalue weighted by Crippen LogP contribution is -2.50. The second-order valence-corrected chi connectivity index (χ2v) is 13.7. The molecule has 0 unspecified atom stereocenters. The van der Waals surface area contributed by atoms with Gasteiger partial charge in [0.2, 0.25) is 0 Å². The predicted octanol–water partition coefficient (Wildman–Crippen LogP) is 4.53. The Morgan fingerprint density at radius 3 is 1.89 bits per heavy atom. The van der Waals surface area contributed by atoms with Gasteiger partial charge in [-0.1, -0.05) is 58.0 Å². The average molecular weight is 281 g/mol. The number of hydrogen-bond donors (Lipinski definition) is 0. The van der Waals surface area contributed by atoms with Gasteiger partial charge in [-0.3, -0.25) is 0 Å². The maximum absolute atomic E-state index is 6.64. The summed E-state index contributed by atoms with van der Waals surface area (Å²) in [6.07, 6.45) is 0.